The maximum atomic E-state index is 12.2. The quantitative estimate of drug-likeness (QED) is 0.749. The van der Waals surface area contributed by atoms with Crippen LogP contribution in [0.3, 0.4) is 0 Å². The summed E-state index contributed by atoms with van der Waals surface area (Å²) in [5.74, 6) is -0.263. The highest BCUT2D eigenvalue weighted by Gasteiger charge is 2.31. The summed E-state index contributed by atoms with van der Waals surface area (Å²) >= 11 is 0. The highest BCUT2D eigenvalue weighted by Crippen LogP contribution is 2.23. The monoisotopic (exact) mass is 382 g/mol. The van der Waals surface area contributed by atoms with Crippen molar-refractivity contribution in [3.05, 3.63) is 24.3 Å². The molecule has 1 aliphatic heterocycles. The average molecular weight is 382 g/mol. The van der Waals surface area contributed by atoms with E-state index in [1.165, 1.54) is 0 Å². The Morgan fingerprint density at radius 1 is 1.28 bits per heavy atom. The summed E-state index contributed by atoms with van der Waals surface area (Å²) in [6.45, 7) is 2.38. The highest BCUT2D eigenvalue weighted by molar-refractivity contribution is 7.89. The number of hydrogen-bond acceptors (Lipinski definition) is 5. The number of nitrogens with zero attached hydrogens (tertiary/aromatic N) is 1. The molecule has 25 heavy (non-hydrogen) atoms. The van der Waals surface area contributed by atoms with E-state index in [9.17, 15) is 26.7 Å². The third kappa shape index (κ3) is 6.46. The van der Waals surface area contributed by atoms with Crippen LogP contribution in [0, 0.1) is 5.92 Å². The number of aliphatic hydroxyl groups excluding tert-OH is 1. The van der Waals surface area contributed by atoms with Crippen LogP contribution in [-0.4, -0.2) is 57.6 Å². The van der Waals surface area contributed by atoms with E-state index in [2.05, 4.69) is 14.4 Å². The smallest absolute Gasteiger partial charge is 0.406 e. The van der Waals surface area contributed by atoms with Gasteiger partial charge in [-0.1, -0.05) is 0 Å². The van der Waals surface area contributed by atoms with Gasteiger partial charge in [-0.3, -0.25) is 0 Å². The summed E-state index contributed by atoms with van der Waals surface area (Å²) in [7, 11) is -3.80. The number of ether oxygens (including phenoxy) is 1. The average Bonchev–Trinajstić information content (AvgIpc) is 2.54. The lowest BCUT2D eigenvalue weighted by Crippen LogP contribution is -2.41. The predicted molar refractivity (Wildman–Crippen MR) is 84.6 cm³/mol. The van der Waals surface area contributed by atoms with Crippen LogP contribution in [0.1, 0.15) is 12.8 Å². The van der Waals surface area contributed by atoms with Crippen molar-refractivity contribution in [1.82, 2.24) is 9.62 Å². The lowest BCUT2D eigenvalue weighted by atomic mass is 9.99. The summed E-state index contributed by atoms with van der Waals surface area (Å²) in [6.07, 6.45) is -2.90. The molecule has 10 heteroatoms. The van der Waals surface area contributed by atoms with Gasteiger partial charge in [0.1, 0.15) is 5.75 Å². The number of rotatable bonds is 7. The Morgan fingerprint density at radius 2 is 1.96 bits per heavy atom. The number of hydrogen-bond donors (Lipinski definition) is 2. The molecule has 0 radical (unpaired) electrons. The lowest BCUT2D eigenvalue weighted by Gasteiger charge is -2.31. The molecule has 1 aromatic rings. The van der Waals surface area contributed by atoms with Crippen LogP contribution >= 0.6 is 0 Å². The van der Waals surface area contributed by atoms with Crippen molar-refractivity contribution in [2.45, 2.75) is 24.1 Å². The second-order valence-corrected chi connectivity index (χ2v) is 7.68. The molecule has 0 amide bonds. The molecule has 2 rings (SSSR count). The minimum absolute atomic E-state index is 0.120. The normalized spacial score (nSPS) is 19.8. The van der Waals surface area contributed by atoms with Crippen LogP contribution < -0.4 is 9.46 Å². The van der Waals surface area contributed by atoms with Gasteiger partial charge in [-0.25, -0.2) is 13.1 Å². The molecule has 1 saturated heterocycles. The second-order valence-electron chi connectivity index (χ2n) is 5.91. The maximum absolute atomic E-state index is 12.2. The molecular formula is C15H21F3N2O4S. The molecule has 1 atom stereocenters. The highest BCUT2D eigenvalue weighted by atomic mass is 32.2. The van der Waals surface area contributed by atoms with Gasteiger partial charge in [0.25, 0.3) is 0 Å². The molecule has 6 nitrogen and oxygen atoms in total. The van der Waals surface area contributed by atoms with E-state index < -0.39 is 22.1 Å². The van der Waals surface area contributed by atoms with Crippen molar-refractivity contribution in [2.75, 3.05) is 32.8 Å². The number of likely N-dealkylation sites (tertiary alicyclic amines) is 1. The zero-order valence-corrected chi connectivity index (χ0v) is 14.3. The molecule has 0 aromatic heterocycles. The molecule has 1 aromatic carbocycles. The van der Waals surface area contributed by atoms with Crippen LogP contribution in [0.25, 0.3) is 0 Å². The lowest BCUT2D eigenvalue weighted by molar-refractivity contribution is -0.274. The van der Waals surface area contributed by atoms with Gasteiger partial charge < -0.3 is 14.7 Å². The summed E-state index contributed by atoms with van der Waals surface area (Å²) in [5.41, 5.74) is 0. The Labute approximate surface area is 144 Å². The molecule has 1 fully saturated rings. The van der Waals surface area contributed by atoms with Gasteiger partial charge in [0.2, 0.25) is 10.0 Å². The zero-order valence-electron chi connectivity index (χ0n) is 13.5. The Balaban J connectivity index is 1.86. The minimum atomic E-state index is -4.82. The van der Waals surface area contributed by atoms with Crippen molar-refractivity contribution < 1.29 is 31.4 Å². The molecular weight excluding hydrogens is 361 g/mol. The van der Waals surface area contributed by atoms with Crippen LogP contribution in [-0.2, 0) is 10.0 Å². The van der Waals surface area contributed by atoms with Crippen molar-refractivity contribution in [1.29, 1.82) is 0 Å². The van der Waals surface area contributed by atoms with Crippen LogP contribution in [0.2, 0.25) is 0 Å². The number of piperidine rings is 1. The first kappa shape index (κ1) is 20.0. The standard InChI is InChI=1S/C15H21F3N2O4S/c16-15(17,18)24-13-3-5-14(6-4-13)25(22,23)19-7-9-20-8-1-2-12(10-20)11-21/h3-6,12,19,21H,1-2,7-11H2/t12-/m1/s1. The molecule has 1 aliphatic rings. The first-order valence-corrected chi connectivity index (χ1v) is 9.36. The van der Waals surface area contributed by atoms with E-state index in [0.29, 0.717) is 6.54 Å². The van der Waals surface area contributed by atoms with E-state index in [1.807, 2.05) is 0 Å². The third-order valence-electron chi connectivity index (χ3n) is 3.95. The topological polar surface area (TPSA) is 78.9 Å². The van der Waals surface area contributed by atoms with Crippen molar-refractivity contribution in [3.63, 3.8) is 0 Å². The predicted octanol–water partition coefficient (Wildman–Crippen LogP) is 1.57. The van der Waals surface area contributed by atoms with E-state index in [4.69, 9.17) is 0 Å². The van der Waals surface area contributed by atoms with Gasteiger partial charge >= 0.3 is 6.36 Å². The SMILES string of the molecule is O=S(=O)(NCCN1CCC[C@@H](CO)C1)c1ccc(OC(F)(F)F)cc1. The second kappa shape index (κ2) is 8.35. The Morgan fingerprint density at radius 3 is 2.56 bits per heavy atom. The number of nitrogens with one attached hydrogen (secondary N) is 1. The Bertz CT molecular complexity index is 650. The zero-order chi connectivity index (χ0) is 18.5. The molecule has 2 N–H and O–H groups in total. The maximum Gasteiger partial charge on any atom is 0.573 e. The van der Waals surface area contributed by atoms with Gasteiger partial charge in [0, 0.05) is 26.2 Å². The van der Waals surface area contributed by atoms with E-state index >= 15 is 0 Å². The fraction of sp³-hybridized carbons (Fsp3) is 0.600. The summed E-state index contributed by atoms with van der Waals surface area (Å²) in [5, 5.41) is 9.19. The van der Waals surface area contributed by atoms with Crippen LogP contribution in [0.15, 0.2) is 29.2 Å². The fourth-order valence-electron chi connectivity index (χ4n) is 2.75. The van der Waals surface area contributed by atoms with E-state index in [0.717, 1.165) is 50.2 Å². The van der Waals surface area contributed by atoms with E-state index in [1.54, 1.807) is 0 Å². The Kier molecular flexibility index (Phi) is 6.66. The van der Waals surface area contributed by atoms with Crippen LogP contribution in [0.4, 0.5) is 13.2 Å². The number of aliphatic hydroxyl groups is 1. The third-order valence-corrected chi connectivity index (χ3v) is 5.43. The molecule has 0 bridgehead atoms. The number of sulfonamides is 1. The van der Waals surface area contributed by atoms with Crippen molar-refractivity contribution >= 4 is 10.0 Å². The van der Waals surface area contributed by atoms with Gasteiger partial charge in [0.05, 0.1) is 4.90 Å². The number of alkyl halides is 3. The molecule has 0 spiro atoms. The van der Waals surface area contributed by atoms with Crippen molar-refractivity contribution in [2.24, 2.45) is 5.92 Å². The van der Waals surface area contributed by atoms with Gasteiger partial charge in [-0.05, 0) is 49.6 Å². The van der Waals surface area contributed by atoms with Crippen LogP contribution in [0.5, 0.6) is 5.75 Å². The van der Waals surface area contributed by atoms with E-state index in [-0.39, 0.29) is 24.0 Å². The Hall–Kier alpha value is -1.36. The fourth-order valence-corrected chi connectivity index (χ4v) is 3.77. The van der Waals surface area contributed by atoms with Gasteiger partial charge in [-0.15, -0.1) is 13.2 Å². The first-order chi connectivity index (χ1) is 11.7. The molecule has 142 valence electrons. The molecule has 0 unspecified atom stereocenters. The van der Waals surface area contributed by atoms with Gasteiger partial charge in [-0.2, -0.15) is 0 Å². The molecule has 0 aliphatic carbocycles. The van der Waals surface area contributed by atoms with Crippen molar-refractivity contribution in [3.8, 4) is 5.75 Å². The summed E-state index contributed by atoms with van der Waals surface area (Å²) in [4.78, 5) is 1.95. The first-order valence-electron chi connectivity index (χ1n) is 7.88. The summed E-state index contributed by atoms with van der Waals surface area (Å²) < 4.78 is 66.8. The summed E-state index contributed by atoms with van der Waals surface area (Å²) in [6, 6.07) is 4.04. The largest absolute Gasteiger partial charge is 0.573 e. The van der Waals surface area contributed by atoms with Gasteiger partial charge in [0.15, 0.2) is 0 Å². The molecule has 1 heterocycles. The minimum Gasteiger partial charge on any atom is -0.406 e. The molecule has 0 saturated carbocycles. The number of halogens is 3. The number of benzene rings is 1.